The van der Waals surface area contributed by atoms with E-state index in [1.54, 1.807) is 0 Å². The first-order chi connectivity index (χ1) is 36.7. The van der Waals surface area contributed by atoms with Crippen LogP contribution in [-0.4, -0.2) is 117 Å². The average molecular weight is 1030 g/mol. The Bertz CT molecular complexity index is 2850. The summed E-state index contributed by atoms with van der Waals surface area (Å²) >= 11 is 0. The number of rotatable bonds is 13. The molecule has 0 N–H and O–H groups in total. The van der Waals surface area contributed by atoms with Crippen molar-refractivity contribution < 1.29 is 62.2 Å². The van der Waals surface area contributed by atoms with Gasteiger partial charge in [0.25, 0.3) is 29.3 Å². The van der Waals surface area contributed by atoms with E-state index < -0.39 is 52.9 Å². The molecule has 5 aromatic rings. The molecule has 4 atom stereocenters. The van der Waals surface area contributed by atoms with Crippen LogP contribution >= 0.6 is 0 Å². The Kier molecular flexibility index (Phi) is 20.0. The van der Waals surface area contributed by atoms with Gasteiger partial charge in [0, 0.05) is 18.2 Å². The van der Waals surface area contributed by atoms with Crippen LogP contribution in [0.4, 0.5) is 24.9 Å². The molecule has 5 aromatic carbocycles. The molecule has 0 aromatic heterocycles. The fraction of sp³-hybridized carbons (Fsp3) is 0.193. The molecule has 4 aliphatic heterocycles. The van der Waals surface area contributed by atoms with Crippen molar-refractivity contribution in [3.05, 3.63) is 228 Å². The first kappa shape index (κ1) is 55.5. The molecule has 4 aliphatic rings. The largest absolute Gasteiger partial charge is 0.447 e. The summed E-state index contributed by atoms with van der Waals surface area (Å²) in [7, 11) is 0. The Labute approximate surface area is 437 Å². The summed E-state index contributed by atoms with van der Waals surface area (Å²) in [5.41, 5.74) is 4.61. The molecule has 19 nitrogen and oxygen atoms in total. The predicted octanol–water partition coefficient (Wildman–Crippen LogP) is 8.62. The maximum atomic E-state index is 12.4. The Balaban J connectivity index is 0.000000168. The van der Waals surface area contributed by atoms with Crippen molar-refractivity contribution in [1.82, 2.24) is 19.6 Å². The number of nitro groups is 1. The van der Waals surface area contributed by atoms with Gasteiger partial charge in [-0.25, -0.2) is 38.8 Å². The molecule has 4 heterocycles. The van der Waals surface area contributed by atoms with Gasteiger partial charge in [-0.2, -0.15) is 0 Å². The van der Waals surface area contributed by atoms with Crippen molar-refractivity contribution in [2.75, 3.05) is 26.4 Å². The van der Waals surface area contributed by atoms with E-state index in [-0.39, 0.29) is 56.3 Å². The lowest BCUT2D eigenvalue weighted by molar-refractivity contribution is -0.384. The lowest BCUT2D eigenvalue weighted by atomic mass is 10.1. The van der Waals surface area contributed by atoms with Gasteiger partial charge < -0.3 is 18.9 Å². The third kappa shape index (κ3) is 14.9. The van der Waals surface area contributed by atoms with E-state index in [1.165, 1.54) is 36.4 Å². The van der Waals surface area contributed by atoms with Gasteiger partial charge in [-0.1, -0.05) is 141 Å². The highest BCUT2D eigenvalue weighted by Crippen LogP contribution is 2.28. The summed E-state index contributed by atoms with van der Waals surface area (Å²) in [6, 6.07) is 42.8. The number of nitrogens with zero attached hydrogens (tertiary/aromatic N) is 5. The zero-order valence-corrected chi connectivity index (χ0v) is 41.1. The molecular weight excluding hydrogens is 979 g/mol. The zero-order valence-electron chi connectivity index (χ0n) is 41.1. The van der Waals surface area contributed by atoms with Gasteiger partial charge in [-0.3, -0.25) is 29.3 Å². The third-order valence-electron chi connectivity index (χ3n) is 11.9. The highest BCUT2D eigenvalue weighted by molar-refractivity contribution is 6.02. The van der Waals surface area contributed by atoms with Gasteiger partial charge >= 0.3 is 24.4 Å². The van der Waals surface area contributed by atoms with Crippen molar-refractivity contribution in [2.45, 2.75) is 43.4 Å². The second-order valence-electron chi connectivity index (χ2n) is 16.9. The highest BCUT2D eigenvalue weighted by atomic mass is 16.6. The third-order valence-corrected chi connectivity index (χ3v) is 11.9. The fourth-order valence-electron chi connectivity index (χ4n) is 8.14. The van der Waals surface area contributed by atoms with Crippen molar-refractivity contribution >= 4 is 59.8 Å². The molecule has 8 amide bonds. The number of cyclic esters (lactones) is 4. The van der Waals surface area contributed by atoms with Crippen LogP contribution in [-0.2, 0) is 57.4 Å². The Morgan fingerprint density at radius 1 is 0.474 bits per heavy atom. The van der Waals surface area contributed by atoms with Crippen molar-refractivity contribution in [3.8, 4) is 0 Å². The van der Waals surface area contributed by atoms with Gasteiger partial charge in [0.05, 0.1) is 23.0 Å². The van der Waals surface area contributed by atoms with E-state index in [9.17, 15) is 48.5 Å². The smallest absolute Gasteiger partial charge is 0.417 e. The average Bonchev–Trinajstić information content (AvgIpc) is 4.23. The molecule has 76 heavy (non-hydrogen) atoms. The molecule has 4 fully saturated rings. The lowest BCUT2D eigenvalue weighted by Crippen LogP contribution is -2.39. The summed E-state index contributed by atoms with van der Waals surface area (Å²) in [6.07, 6.45) is 5.43. The topological polar surface area (TPSA) is 230 Å². The number of amides is 8. The van der Waals surface area contributed by atoms with Crippen molar-refractivity contribution in [1.29, 1.82) is 0 Å². The summed E-state index contributed by atoms with van der Waals surface area (Å²) in [6.45, 7) is 11.0. The monoisotopic (exact) mass is 1030 g/mol. The zero-order chi connectivity index (χ0) is 54.6. The van der Waals surface area contributed by atoms with Gasteiger partial charge in [0.1, 0.15) is 32.5 Å². The van der Waals surface area contributed by atoms with Crippen LogP contribution in [0.25, 0.3) is 6.08 Å². The number of carbonyl (C=O) groups is 8. The number of non-ortho nitro benzene ring substituents is 1. The minimum Gasteiger partial charge on any atom is -0.447 e. The molecule has 9 rings (SSSR count). The first-order valence-electron chi connectivity index (χ1n) is 23.7. The number of carbonyl (C=O) groups excluding carboxylic acids is 8. The number of hydrogen-bond acceptors (Lipinski definition) is 14. The minimum absolute atomic E-state index is 0.0282. The van der Waals surface area contributed by atoms with Crippen molar-refractivity contribution in [2.24, 2.45) is 0 Å². The Morgan fingerprint density at radius 2 is 0.803 bits per heavy atom. The van der Waals surface area contributed by atoms with E-state index in [0.717, 1.165) is 60.1 Å². The van der Waals surface area contributed by atoms with Crippen LogP contribution in [0.1, 0.15) is 33.9 Å². The highest BCUT2D eigenvalue weighted by Gasteiger charge is 2.40. The second-order valence-corrected chi connectivity index (χ2v) is 16.9. The summed E-state index contributed by atoms with van der Waals surface area (Å²) in [4.78, 5) is 108. The first-order valence-corrected chi connectivity index (χ1v) is 23.7. The van der Waals surface area contributed by atoms with E-state index in [1.807, 2.05) is 121 Å². The molecule has 4 saturated heterocycles. The van der Waals surface area contributed by atoms with Gasteiger partial charge in [-0.05, 0) is 83.5 Å². The summed E-state index contributed by atoms with van der Waals surface area (Å²) in [5.74, 6) is -1.73. The normalized spacial score (nSPS) is 18.3. The van der Waals surface area contributed by atoms with E-state index in [4.69, 9.17) is 18.9 Å². The number of nitro benzene ring substituents is 1. The lowest BCUT2D eigenvalue weighted by Gasteiger charge is -2.18. The SMILES string of the molecule is C=CC(=O)N1C(=O)OC[C@@H]1Cc1ccccc1.C=CC(=O)N1C(=O)OC[C@@H]1c1ccccc1.C=CC(=O)N1C(=O)OC[C@H]1Cc1ccccc1.O=C(/C=C/c1ccc([N+](=O)[O-])cc1)N1C(=O)OC[C@H]1Cc1ccccc1. The molecular formula is C57H53N5O14. The van der Waals surface area contributed by atoms with Gasteiger partial charge in [0.2, 0.25) is 0 Å². The standard InChI is InChI=1S/C19H16N2O5.2C13H13NO3.C12H11NO3/c22-18(11-8-14-6-9-16(10-7-14)21(24)25)20-17(13-26-19(20)23)12-15-4-2-1-3-5-15;2*1-2-12(15)14-11(9-17-13(14)16)8-10-6-4-3-5-7-10;1-2-11(14)13-10(8-16-12(13)15)9-6-4-3-5-7-9/h1-11,17H,12-13H2;2*2-7,11H,1,8-9H2;2-7,10H,1,8H2/b11-8+;;;/t17-;2*11-;10-/m1101/s1. The van der Waals surface area contributed by atoms with Gasteiger partial charge in [-0.15, -0.1) is 0 Å². The van der Waals surface area contributed by atoms with Crippen LogP contribution in [0.15, 0.2) is 190 Å². The van der Waals surface area contributed by atoms with E-state index in [2.05, 4.69) is 19.7 Å². The number of ether oxygens (including phenoxy) is 4. The van der Waals surface area contributed by atoms with Crippen LogP contribution < -0.4 is 0 Å². The van der Waals surface area contributed by atoms with E-state index in [0.29, 0.717) is 24.8 Å². The molecule has 0 unspecified atom stereocenters. The van der Waals surface area contributed by atoms with Crippen LogP contribution in [0.3, 0.4) is 0 Å². The summed E-state index contributed by atoms with van der Waals surface area (Å²) in [5, 5.41) is 10.6. The van der Waals surface area contributed by atoms with Crippen LogP contribution in [0.5, 0.6) is 0 Å². The summed E-state index contributed by atoms with van der Waals surface area (Å²) < 4.78 is 19.7. The van der Waals surface area contributed by atoms with Crippen LogP contribution in [0.2, 0.25) is 0 Å². The Morgan fingerprint density at radius 3 is 1.17 bits per heavy atom. The second kappa shape index (κ2) is 27.3. The fourth-order valence-corrected chi connectivity index (χ4v) is 8.14. The minimum atomic E-state index is -0.663. The molecule has 0 radical (unpaired) electrons. The number of hydrogen-bond donors (Lipinski definition) is 0. The molecule has 0 bridgehead atoms. The van der Waals surface area contributed by atoms with Crippen molar-refractivity contribution in [3.63, 3.8) is 0 Å². The van der Waals surface area contributed by atoms with Crippen LogP contribution in [0, 0.1) is 10.1 Å². The molecule has 19 heteroatoms. The Hall–Kier alpha value is -9.78. The quantitative estimate of drug-likeness (QED) is 0.0465. The molecule has 390 valence electrons. The molecule has 0 spiro atoms. The molecule has 0 saturated carbocycles. The number of imide groups is 4. The maximum absolute atomic E-state index is 12.4. The predicted molar refractivity (Wildman–Crippen MR) is 276 cm³/mol. The van der Waals surface area contributed by atoms with E-state index >= 15 is 0 Å². The number of benzene rings is 5. The molecule has 0 aliphatic carbocycles. The van der Waals surface area contributed by atoms with Gasteiger partial charge in [0.15, 0.2) is 0 Å². The maximum Gasteiger partial charge on any atom is 0.417 e.